The van der Waals surface area contributed by atoms with Crippen molar-refractivity contribution in [3.05, 3.63) is 28.2 Å². The number of halogens is 4. The Morgan fingerprint density at radius 3 is 2.71 bits per heavy atom. The Morgan fingerprint density at radius 1 is 1.33 bits per heavy atom. The van der Waals surface area contributed by atoms with Crippen LogP contribution in [0.4, 0.5) is 13.2 Å². The van der Waals surface area contributed by atoms with Gasteiger partial charge in [-0.1, -0.05) is 6.07 Å². The van der Waals surface area contributed by atoms with E-state index in [-0.39, 0.29) is 16.3 Å². The SMILES string of the molecule is COC1CCCC1NCc1ccc(OC(F)(F)F)c(Br)c1. The van der Waals surface area contributed by atoms with Gasteiger partial charge in [-0.25, -0.2) is 0 Å². The van der Waals surface area contributed by atoms with Gasteiger partial charge in [0.15, 0.2) is 0 Å². The summed E-state index contributed by atoms with van der Waals surface area (Å²) >= 11 is 3.10. The molecule has 0 aliphatic heterocycles. The van der Waals surface area contributed by atoms with Gasteiger partial charge in [-0.05, 0) is 52.9 Å². The summed E-state index contributed by atoms with van der Waals surface area (Å²) in [5.41, 5.74) is 0.887. The molecule has 0 bridgehead atoms. The molecule has 2 unspecified atom stereocenters. The van der Waals surface area contributed by atoms with Crippen LogP contribution in [-0.4, -0.2) is 25.6 Å². The summed E-state index contributed by atoms with van der Waals surface area (Å²) in [7, 11) is 1.70. The maximum Gasteiger partial charge on any atom is 0.573 e. The highest BCUT2D eigenvalue weighted by atomic mass is 79.9. The molecular weight excluding hydrogens is 351 g/mol. The fourth-order valence-corrected chi connectivity index (χ4v) is 3.06. The molecule has 118 valence electrons. The van der Waals surface area contributed by atoms with Crippen molar-refractivity contribution in [3.8, 4) is 5.75 Å². The second-order valence-corrected chi connectivity index (χ2v) is 5.86. The Balaban J connectivity index is 1.94. The predicted octanol–water partition coefficient (Wildman–Crippen LogP) is 4.00. The summed E-state index contributed by atoms with van der Waals surface area (Å²) in [6.45, 7) is 0.579. The van der Waals surface area contributed by atoms with E-state index in [0.717, 1.165) is 24.8 Å². The van der Waals surface area contributed by atoms with Crippen molar-refractivity contribution in [1.82, 2.24) is 5.32 Å². The van der Waals surface area contributed by atoms with Crippen LogP contribution in [0.3, 0.4) is 0 Å². The monoisotopic (exact) mass is 367 g/mol. The minimum Gasteiger partial charge on any atom is -0.405 e. The highest BCUT2D eigenvalue weighted by Crippen LogP contribution is 2.31. The lowest BCUT2D eigenvalue weighted by Crippen LogP contribution is -2.36. The van der Waals surface area contributed by atoms with Gasteiger partial charge >= 0.3 is 6.36 Å². The van der Waals surface area contributed by atoms with E-state index in [1.165, 1.54) is 6.07 Å². The molecule has 0 saturated heterocycles. The number of benzene rings is 1. The molecule has 1 saturated carbocycles. The molecule has 2 atom stereocenters. The molecule has 7 heteroatoms. The largest absolute Gasteiger partial charge is 0.573 e. The van der Waals surface area contributed by atoms with Crippen molar-refractivity contribution < 1.29 is 22.6 Å². The summed E-state index contributed by atoms with van der Waals surface area (Å²) in [4.78, 5) is 0. The minimum absolute atomic E-state index is 0.210. The molecule has 2 rings (SSSR count). The number of methoxy groups -OCH3 is 1. The van der Waals surface area contributed by atoms with Gasteiger partial charge in [-0.15, -0.1) is 13.2 Å². The highest BCUT2D eigenvalue weighted by molar-refractivity contribution is 9.10. The number of hydrogen-bond donors (Lipinski definition) is 1. The summed E-state index contributed by atoms with van der Waals surface area (Å²) in [6.07, 6.45) is -1.26. The van der Waals surface area contributed by atoms with E-state index >= 15 is 0 Å². The molecule has 1 fully saturated rings. The van der Waals surface area contributed by atoms with Gasteiger partial charge in [0.2, 0.25) is 0 Å². The topological polar surface area (TPSA) is 30.5 Å². The van der Waals surface area contributed by atoms with Gasteiger partial charge in [0.05, 0.1) is 10.6 Å². The first kappa shape index (κ1) is 16.6. The van der Waals surface area contributed by atoms with Crippen molar-refractivity contribution in [2.45, 2.75) is 44.3 Å². The van der Waals surface area contributed by atoms with Crippen molar-refractivity contribution >= 4 is 15.9 Å². The zero-order chi connectivity index (χ0) is 15.5. The second-order valence-electron chi connectivity index (χ2n) is 5.01. The van der Waals surface area contributed by atoms with Crippen LogP contribution in [-0.2, 0) is 11.3 Å². The lowest BCUT2D eigenvalue weighted by molar-refractivity contribution is -0.274. The number of alkyl halides is 3. The quantitative estimate of drug-likeness (QED) is 0.852. The van der Waals surface area contributed by atoms with Gasteiger partial charge < -0.3 is 14.8 Å². The maximum atomic E-state index is 12.2. The van der Waals surface area contributed by atoms with Crippen molar-refractivity contribution in [3.63, 3.8) is 0 Å². The van der Waals surface area contributed by atoms with Crippen LogP contribution in [0, 0.1) is 0 Å². The molecule has 1 aromatic carbocycles. The summed E-state index contributed by atoms with van der Waals surface area (Å²) in [5.74, 6) is -0.234. The third-order valence-electron chi connectivity index (χ3n) is 3.55. The standard InChI is InChI=1S/C14H17BrF3NO2/c1-20-13-4-2-3-11(13)19-8-9-5-6-12(10(15)7-9)21-14(16,17)18/h5-7,11,13,19H,2-4,8H2,1H3. The minimum atomic E-state index is -4.68. The van der Waals surface area contributed by atoms with Gasteiger partial charge in [-0.3, -0.25) is 0 Å². The molecule has 21 heavy (non-hydrogen) atoms. The van der Waals surface area contributed by atoms with Crippen LogP contribution in [0.5, 0.6) is 5.75 Å². The Kier molecular flexibility index (Phi) is 5.51. The Hall–Kier alpha value is -0.790. The first-order chi connectivity index (χ1) is 9.89. The molecule has 1 aromatic rings. The summed E-state index contributed by atoms with van der Waals surface area (Å²) in [6, 6.07) is 4.86. The third kappa shape index (κ3) is 4.86. The van der Waals surface area contributed by atoms with E-state index in [1.54, 1.807) is 19.2 Å². The van der Waals surface area contributed by atoms with E-state index < -0.39 is 6.36 Å². The van der Waals surface area contributed by atoms with E-state index in [2.05, 4.69) is 26.0 Å². The van der Waals surface area contributed by atoms with E-state index in [4.69, 9.17) is 4.74 Å². The Morgan fingerprint density at radius 2 is 2.10 bits per heavy atom. The molecule has 0 radical (unpaired) electrons. The lowest BCUT2D eigenvalue weighted by Gasteiger charge is -2.20. The fraction of sp³-hybridized carbons (Fsp3) is 0.571. The molecule has 1 aliphatic carbocycles. The lowest BCUT2D eigenvalue weighted by atomic mass is 10.1. The third-order valence-corrected chi connectivity index (χ3v) is 4.17. The second kappa shape index (κ2) is 6.98. The molecule has 0 amide bonds. The van der Waals surface area contributed by atoms with Gasteiger partial charge in [0, 0.05) is 19.7 Å². The average molecular weight is 368 g/mol. The first-order valence-electron chi connectivity index (χ1n) is 6.69. The van der Waals surface area contributed by atoms with Crippen LogP contribution in [0.15, 0.2) is 22.7 Å². The predicted molar refractivity (Wildman–Crippen MR) is 76.1 cm³/mol. The van der Waals surface area contributed by atoms with Gasteiger partial charge in [0.1, 0.15) is 5.75 Å². The smallest absolute Gasteiger partial charge is 0.405 e. The van der Waals surface area contributed by atoms with Crippen molar-refractivity contribution in [2.75, 3.05) is 7.11 Å². The number of nitrogens with one attached hydrogen (secondary N) is 1. The van der Waals surface area contributed by atoms with Gasteiger partial charge in [0.25, 0.3) is 0 Å². The van der Waals surface area contributed by atoms with E-state index in [1.807, 2.05) is 0 Å². The molecular formula is C14H17BrF3NO2. The summed E-state index contributed by atoms with van der Waals surface area (Å²) < 4.78 is 46.2. The summed E-state index contributed by atoms with van der Waals surface area (Å²) in [5, 5.41) is 3.38. The zero-order valence-corrected chi connectivity index (χ0v) is 13.1. The molecule has 0 heterocycles. The molecule has 1 N–H and O–H groups in total. The van der Waals surface area contributed by atoms with Gasteiger partial charge in [-0.2, -0.15) is 0 Å². The molecule has 3 nitrogen and oxygen atoms in total. The van der Waals surface area contributed by atoms with E-state index in [9.17, 15) is 13.2 Å². The molecule has 0 spiro atoms. The Labute approximate surface area is 129 Å². The number of hydrogen-bond acceptors (Lipinski definition) is 3. The van der Waals surface area contributed by atoms with Crippen molar-refractivity contribution in [1.29, 1.82) is 0 Å². The fourth-order valence-electron chi connectivity index (χ4n) is 2.55. The normalized spacial score (nSPS) is 22.5. The maximum absolute atomic E-state index is 12.2. The molecule has 1 aliphatic rings. The van der Waals surface area contributed by atoms with E-state index in [0.29, 0.717) is 12.6 Å². The highest BCUT2D eigenvalue weighted by Gasteiger charge is 2.32. The molecule has 0 aromatic heterocycles. The Bertz CT molecular complexity index is 482. The van der Waals surface area contributed by atoms with Crippen LogP contribution in [0.2, 0.25) is 0 Å². The number of ether oxygens (including phenoxy) is 2. The van der Waals surface area contributed by atoms with Crippen LogP contribution >= 0.6 is 15.9 Å². The number of rotatable bonds is 5. The zero-order valence-electron chi connectivity index (χ0n) is 11.5. The van der Waals surface area contributed by atoms with Crippen LogP contribution < -0.4 is 10.1 Å². The van der Waals surface area contributed by atoms with Crippen LogP contribution in [0.1, 0.15) is 24.8 Å². The van der Waals surface area contributed by atoms with Crippen LogP contribution in [0.25, 0.3) is 0 Å². The van der Waals surface area contributed by atoms with Crippen molar-refractivity contribution in [2.24, 2.45) is 0 Å². The average Bonchev–Trinajstić information content (AvgIpc) is 2.85. The first-order valence-corrected chi connectivity index (χ1v) is 7.48.